The largest absolute Gasteiger partial charge is 0.496 e. The Morgan fingerprint density at radius 2 is 2.33 bits per heavy atom. The van der Waals surface area contributed by atoms with Gasteiger partial charge in [-0.2, -0.15) is 0 Å². The van der Waals surface area contributed by atoms with Crippen molar-refractivity contribution in [1.82, 2.24) is 20.2 Å². The Bertz CT molecular complexity index is 633. The van der Waals surface area contributed by atoms with Crippen LogP contribution in [-0.4, -0.2) is 44.0 Å². The number of methoxy groups -OCH3 is 1. The molecule has 2 aromatic rings. The summed E-state index contributed by atoms with van der Waals surface area (Å²) in [6.07, 6.45) is 0. The fourth-order valence-electron chi connectivity index (χ4n) is 1.67. The maximum absolute atomic E-state index is 10.8. The third kappa shape index (κ3) is 3.67. The van der Waals surface area contributed by atoms with Crippen LogP contribution in [0.2, 0.25) is 0 Å². The molecule has 0 radical (unpaired) electrons. The zero-order valence-corrected chi connectivity index (χ0v) is 12.0. The van der Waals surface area contributed by atoms with Gasteiger partial charge in [-0.05, 0) is 16.5 Å². The molecule has 0 atom stereocenters. The molecule has 1 N–H and O–H groups in total. The van der Waals surface area contributed by atoms with Crippen molar-refractivity contribution in [3.05, 3.63) is 33.9 Å². The summed E-state index contributed by atoms with van der Waals surface area (Å²) in [6.45, 7) is 0.222. The van der Waals surface area contributed by atoms with Crippen molar-refractivity contribution in [2.75, 3.05) is 13.7 Å². The molecule has 0 fully saturated rings. The number of hydrogen-bond acceptors (Lipinski definition) is 8. The van der Waals surface area contributed by atoms with E-state index in [1.807, 2.05) is 0 Å². The molecular formula is C11H13N5O4S. The highest BCUT2D eigenvalue weighted by atomic mass is 32.2. The number of aliphatic hydroxyl groups is 1. The number of thioether (sulfide) groups is 1. The Morgan fingerprint density at radius 3 is 3.00 bits per heavy atom. The van der Waals surface area contributed by atoms with Crippen LogP contribution in [-0.2, 0) is 12.3 Å². The topological polar surface area (TPSA) is 116 Å². The molecule has 0 aliphatic rings. The zero-order chi connectivity index (χ0) is 15.2. The van der Waals surface area contributed by atoms with Crippen LogP contribution in [0.5, 0.6) is 5.75 Å². The van der Waals surface area contributed by atoms with E-state index < -0.39 is 4.92 Å². The van der Waals surface area contributed by atoms with E-state index in [2.05, 4.69) is 15.5 Å². The van der Waals surface area contributed by atoms with E-state index in [-0.39, 0.29) is 12.3 Å². The van der Waals surface area contributed by atoms with Crippen molar-refractivity contribution in [2.24, 2.45) is 0 Å². The molecule has 9 nitrogen and oxygen atoms in total. The quantitative estimate of drug-likeness (QED) is 0.455. The second kappa shape index (κ2) is 6.99. The minimum Gasteiger partial charge on any atom is -0.496 e. The average Bonchev–Trinajstić information content (AvgIpc) is 2.92. The van der Waals surface area contributed by atoms with Crippen molar-refractivity contribution in [2.45, 2.75) is 17.5 Å². The molecular weight excluding hydrogens is 298 g/mol. The number of nitro benzene ring substituents is 1. The molecule has 0 amide bonds. The monoisotopic (exact) mass is 311 g/mol. The fraction of sp³-hybridized carbons (Fsp3) is 0.364. The number of hydrogen-bond donors (Lipinski definition) is 1. The van der Waals surface area contributed by atoms with Crippen molar-refractivity contribution in [1.29, 1.82) is 0 Å². The summed E-state index contributed by atoms with van der Waals surface area (Å²) in [5.74, 6) is 0.977. The normalized spacial score (nSPS) is 10.6. The summed E-state index contributed by atoms with van der Waals surface area (Å²) >= 11 is 1.31. The number of nitrogens with zero attached hydrogens (tertiary/aromatic N) is 5. The molecule has 0 saturated carbocycles. The lowest BCUT2D eigenvalue weighted by atomic mass is 10.2. The molecule has 21 heavy (non-hydrogen) atoms. The van der Waals surface area contributed by atoms with Crippen LogP contribution in [0.4, 0.5) is 5.69 Å². The number of ether oxygens (including phenoxy) is 1. The first kappa shape index (κ1) is 15.2. The summed E-state index contributed by atoms with van der Waals surface area (Å²) in [7, 11) is 1.51. The van der Waals surface area contributed by atoms with Crippen molar-refractivity contribution in [3.8, 4) is 5.75 Å². The highest BCUT2D eigenvalue weighted by molar-refractivity contribution is 7.98. The third-order valence-corrected chi connectivity index (χ3v) is 3.65. The number of aromatic nitrogens is 4. The second-order valence-corrected chi connectivity index (χ2v) is 4.89. The van der Waals surface area contributed by atoms with E-state index >= 15 is 0 Å². The van der Waals surface area contributed by atoms with Crippen LogP contribution in [0.3, 0.4) is 0 Å². The smallest absolute Gasteiger partial charge is 0.270 e. The third-order valence-electron chi connectivity index (χ3n) is 2.64. The Labute approximate surface area is 124 Å². The molecule has 2 rings (SSSR count). The maximum Gasteiger partial charge on any atom is 0.270 e. The van der Waals surface area contributed by atoms with E-state index in [1.165, 1.54) is 35.7 Å². The summed E-state index contributed by atoms with van der Waals surface area (Å²) in [6, 6.07) is 4.42. The Hall–Kier alpha value is -2.20. The van der Waals surface area contributed by atoms with Gasteiger partial charge in [-0.25, -0.2) is 4.68 Å². The first-order chi connectivity index (χ1) is 10.2. The van der Waals surface area contributed by atoms with Gasteiger partial charge in [-0.1, -0.05) is 11.8 Å². The summed E-state index contributed by atoms with van der Waals surface area (Å²) in [4.78, 5) is 10.4. The van der Waals surface area contributed by atoms with Crippen LogP contribution in [0, 0.1) is 10.1 Å². The average molecular weight is 311 g/mol. The Balaban J connectivity index is 2.16. The minimum absolute atomic E-state index is 0.00125. The Kier molecular flexibility index (Phi) is 5.06. The van der Waals surface area contributed by atoms with Crippen LogP contribution >= 0.6 is 11.8 Å². The van der Waals surface area contributed by atoms with Gasteiger partial charge in [0.2, 0.25) is 5.16 Å². The predicted molar refractivity (Wildman–Crippen MR) is 74.1 cm³/mol. The van der Waals surface area contributed by atoms with Crippen LogP contribution in [0.1, 0.15) is 5.56 Å². The van der Waals surface area contributed by atoms with Crippen LogP contribution in [0.25, 0.3) is 0 Å². The molecule has 0 aliphatic heterocycles. The zero-order valence-electron chi connectivity index (χ0n) is 11.2. The molecule has 0 bridgehead atoms. The van der Waals surface area contributed by atoms with Gasteiger partial charge >= 0.3 is 0 Å². The van der Waals surface area contributed by atoms with Crippen LogP contribution < -0.4 is 4.74 Å². The highest BCUT2D eigenvalue weighted by Crippen LogP contribution is 2.29. The lowest BCUT2D eigenvalue weighted by Gasteiger charge is -2.07. The lowest BCUT2D eigenvalue weighted by molar-refractivity contribution is -0.384. The first-order valence-electron chi connectivity index (χ1n) is 5.97. The fourth-order valence-corrected chi connectivity index (χ4v) is 2.55. The molecule has 0 saturated heterocycles. The second-order valence-electron chi connectivity index (χ2n) is 3.95. The molecule has 10 heteroatoms. The predicted octanol–water partition coefficient (Wildman–Crippen LogP) is 0.874. The number of tetrazole rings is 1. The van der Waals surface area contributed by atoms with Gasteiger partial charge in [0.25, 0.3) is 5.69 Å². The van der Waals surface area contributed by atoms with E-state index in [1.54, 1.807) is 6.07 Å². The van der Waals surface area contributed by atoms with E-state index in [4.69, 9.17) is 9.84 Å². The SMILES string of the molecule is COc1ccc([N+](=O)[O-])cc1CSc1nnnn1CCO. The van der Waals surface area contributed by atoms with Crippen LogP contribution in [0.15, 0.2) is 23.4 Å². The number of non-ortho nitro benzene ring substituents is 1. The number of benzene rings is 1. The van der Waals surface area contributed by atoms with Gasteiger partial charge in [0.05, 0.1) is 25.2 Å². The van der Waals surface area contributed by atoms with Gasteiger partial charge < -0.3 is 9.84 Å². The first-order valence-corrected chi connectivity index (χ1v) is 6.95. The molecule has 1 heterocycles. The number of rotatable bonds is 7. The summed E-state index contributed by atoms with van der Waals surface area (Å²) < 4.78 is 6.66. The Morgan fingerprint density at radius 1 is 1.52 bits per heavy atom. The molecule has 1 aromatic heterocycles. The minimum atomic E-state index is -0.455. The van der Waals surface area contributed by atoms with Crippen molar-refractivity contribution < 1.29 is 14.8 Å². The van der Waals surface area contributed by atoms with Crippen molar-refractivity contribution in [3.63, 3.8) is 0 Å². The maximum atomic E-state index is 10.8. The standard InChI is InChI=1S/C11H13N5O4S/c1-20-10-3-2-9(16(18)19)6-8(10)7-21-11-12-13-14-15(11)4-5-17/h2-3,6,17H,4-5,7H2,1H3. The number of aliphatic hydroxyl groups excluding tert-OH is 1. The van der Waals surface area contributed by atoms with Gasteiger partial charge in [0.15, 0.2) is 0 Å². The van der Waals surface area contributed by atoms with E-state index in [9.17, 15) is 10.1 Å². The van der Waals surface area contributed by atoms with Gasteiger partial charge in [-0.3, -0.25) is 10.1 Å². The van der Waals surface area contributed by atoms with E-state index in [0.717, 1.165) is 0 Å². The summed E-state index contributed by atoms with van der Waals surface area (Å²) in [5.41, 5.74) is 0.677. The molecule has 0 spiro atoms. The summed E-state index contributed by atoms with van der Waals surface area (Å²) in [5, 5.41) is 31.4. The van der Waals surface area contributed by atoms with Crippen molar-refractivity contribution >= 4 is 17.4 Å². The van der Waals surface area contributed by atoms with Gasteiger partial charge in [-0.15, -0.1) is 5.10 Å². The lowest BCUT2D eigenvalue weighted by Crippen LogP contribution is -2.05. The van der Waals surface area contributed by atoms with Gasteiger partial charge in [0, 0.05) is 23.4 Å². The molecule has 0 unspecified atom stereocenters. The number of nitro groups is 1. The molecule has 1 aromatic carbocycles. The highest BCUT2D eigenvalue weighted by Gasteiger charge is 2.13. The van der Waals surface area contributed by atoms with E-state index in [0.29, 0.717) is 28.8 Å². The van der Waals surface area contributed by atoms with Gasteiger partial charge in [0.1, 0.15) is 5.75 Å². The molecule has 0 aliphatic carbocycles. The molecule has 112 valence electrons.